The van der Waals surface area contributed by atoms with Crippen molar-refractivity contribution < 1.29 is 14.3 Å². The summed E-state index contributed by atoms with van der Waals surface area (Å²) in [7, 11) is 1.42. The first-order valence-corrected chi connectivity index (χ1v) is 9.70. The smallest absolute Gasteiger partial charge is 0.409 e. The van der Waals surface area contributed by atoms with Gasteiger partial charge in [-0.25, -0.2) is 4.79 Å². The minimum Gasteiger partial charge on any atom is -0.493 e. The normalized spacial score (nSPS) is 15.4. The molecule has 1 aliphatic rings. The third-order valence-corrected chi connectivity index (χ3v) is 4.54. The lowest BCUT2D eigenvalue weighted by Gasteiger charge is -2.32. The van der Waals surface area contributed by atoms with Crippen molar-refractivity contribution in [2.24, 2.45) is 4.99 Å². The van der Waals surface area contributed by atoms with Gasteiger partial charge >= 0.3 is 6.09 Å². The molecule has 1 heterocycles. The van der Waals surface area contributed by atoms with E-state index in [1.165, 1.54) is 7.11 Å². The van der Waals surface area contributed by atoms with Crippen molar-refractivity contribution in [2.75, 3.05) is 39.9 Å². The van der Waals surface area contributed by atoms with Crippen molar-refractivity contribution in [1.29, 1.82) is 0 Å². The molecule has 0 unspecified atom stereocenters. The molecule has 0 bridgehead atoms. The first kappa shape index (κ1) is 20.9. The summed E-state index contributed by atoms with van der Waals surface area (Å²) in [6, 6.07) is 8.35. The molecule has 1 amide bonds. The van der Waals surface area contributed by atoms with Gasteiger partial charge in [0.25, 0.3) is 0 Å². The van der Waals surface area contributed by atoms with Gasteiger partial charge in [-0.1, -0.05) is 18.2 Å². The van der Waals surface area contributed by atoms with Gasteiger partial charge in [0.05, 0.1) is 13.7 Å². The molecule has 1 fully saturated rings. The molecular weight excluding hydrogens is 344 g/mol. The van der Waals surface area contributed by atoms with E-state index in [2.05, 4.69) is 22.5 Å². The van der Waals surface area contributed by atoms with E-state index in [0.717, 1.165) is 43.1 Å². The van der Waals surface area contributed by atoms with Crippen LogP contribution in [0.2, 0.25) is 0 Å². The zero-order chi connectivity index (χ0) is 19.5. The van der Waals surface area contributed by atoms with Gasteiger partial charge < -0.3 is 25.0 Å². The highest BCUT2D eigenvalue weighted by Crippen LogP contribution is 2.16. The van der Waals surface area contributed by atoms with Crippen LogP contribution in [0.15, 0.2) is 29.3 Å². The number of methoxy groups -OCH3 is 1. The predicted molar refractivity (Wildman–Crippen MR) is 107 cm³/mol. The number of para-hydroxylation sites is 1. The lowest BCUT2D eigenvalue weighted by Crippen LogP contribution is -2.49. The molecule has 1 aromatic rings. The molecule has 2 N–H and O–H groups in total. The Labute approximate surface area is 162 Å². The maximum absolute atomic E-state index is 11.6. The molecule has 0 saturated carbocycles. The number of carbonyl (C=O) groups is 1. The van der Waals surface area contributed by atoms with Crippen LogP contribution >= 0.6 is 0 Å². The van der Waals surface area contributed by atoms with Crippen LogP contribution in [0.25, 0.3) is 0 Å². The van der Waals surface area contributed by atoms with Crippen LogP contribution in [0.4, 0.5) is 4.79 Å². The highest BCUT2D eigenvalue weighted by molar-refractivity contribution is 5.80. The zero-order valence-electron chi connectivity index (χ0n) is 16.7. The molecule has 27 heavy (non-hydrogen) atoms. The number of benzene rings is 1. The molecular formula is C20H32N4O3. The van der Waals surface area contributed by atoms with E-state index in [4.69, 9.17) is 9.47 Å². The first-order chi connectivity index (χ1) is 13.1. The summed E-state index contributed by atoms with van der Waals surface area (Å²) in [4.78, 5) is 17.9. The molecule has 0 aromatic heterocycles. The maximum atomic E-state index is 11.6. The second-order valence-electron chi connectivity index (χ2n) is 6.60. The number of nitrogens with zero attached hydrogens (tertiary/aromatic N) is 2. The Balaban J connectivity index is 1.72. The van der Waals surface area contributed by atoms with Gasteiger partial charge in [0.1, 0.15) is 5.75 Å². The molecule has 150 valence electrons. The monoisotopic (exact) mass is 376 g/mol. The van der Waals surface area contributed by atoms with Gasteiger partial charge in [0.2, 0.25) is 0 Å². The zero-order valence-corrected chi connectivity index (χ0v) is 16.7. The van der Waals surface area contributed by atoms with Crippen molar-refractivity contribution in [2.45, 2.75) is 39.2 Å². The fourth-order valence-corrected chi connectivity index (χ4v) is 3.00. The first-order valence-electron chi connectivity index (χ1n) is 9.70. The van der Waals surface area contributed by atoms with Crippen molar-refractivity contribution in [1.82, 2.24) is 15.5 Å². The average Bonchev–Trinajstić information content (AvgIpc) is 2.69. The summed E-state index contributed by atoms with van der Waals surface area (Å²) in [6.45, 7) is 7.66. The number of carbonyl (C=O) groups excluding carboxylic acids is 1. The Kier molecular flexibility index (Phi) is 8.74. The lowest BCUT2D eigenvalue weighted by molar-refractivity contribution is 0.111. The van der Waals surface area contributed by atoms with Crippen molar-refractivity contribution >= 4 is 12.1 Å². The Morgan fingerprint density at radius 1 is 1.30 bits per heavy atom. The van der Waals surface area contributed by atoms with Crippen molar-refractivity contribution in [3.05, 3.63) is 29.8 Å². The number of nitrogens with one attached hydrogen (secondary N) is 2. The van der Waals surface area contributed by atoms with Crippen LogP contribution in [-0.4, -0.2) is 62.9 Å². The van der Waals surface area contributed by atoms with Crippen LogP contribution in [0.1, 0.15) is 31.7 Å². The second kappa shape index (κ2) is 11.3. The van der Waals surface area contributed by atoms with Crippen LogP contribution in [-0.2, 0) is 4.74 Å². The molecule has 1 aromatic carbocycles. The highest BCUT2D eigenvalue weighted by Gasteiger charge is 2.23. The summed E-state index contributed by atoms with van der Waals surface area (Å²) in [5, 5.41) is 6.76. The third kappa shape index (κ3) is 7.00. The van der Waals surface area contributed by atoms with Crippen LogP contribution in [0.5, 0.6) is 5.75 Å². The number of aliphatic imine (C=N–C) groups is 1. The highest BCUT2D eigenvalue weighted by atomic mass is 16.5. The van der Waals surface area contributed by atoms with E-state index in [1.54, 1.807) is 4.90 Å². The van der Waals surface area contributed by atoms with E-state index in [1.807, 2.05) is 31.2 Å². The Bertz CT molecular complexity index is 613. The number of aryl methyl sites for hydroxylation is 1. The summed E-state index contributed by atoms with van der Waals surface area (Å²) in [6.07, 6.45) is 2.38. The van der Waals surface area contributed by atoms with Gasteiger partial charge in [-0.05, 0) is 38.3 Å². The van der Waals surface area contributed by atoms with E-state index in [0.29, 0.717) is 32.3 Å². The molecule has 7 heteroatoms. The van der Waals surface area contributed by atoms with Crippen LogP contribution in [0.3, 0.4) is 0 Å². The Morgan fingerprint density at radius 2 is 2.04 bits per heavy atom. The molecule has 1 saturated heterocycles. The molecule has 0 atom stereocenters. The Morgan fingerprint density at radius 3 is 2.70 bits per heavy atom. The van der Waals surface area contributed by atoms with E-state index < -0.39 is 0 Å². The predicted octanol–water partition coefficient (Wildman–Crippen LogP) is 2.55. The number of hydrogen-bond acceptors (Lipinski definition) is 4. The lowest BCUT2D eigenvalue weighted by atomic mass is 10.1. The summed E-state index contributed by atoms with van der Waals surface area (Å²) in [5.41, 5.74) is 1.15. The second-order valence-corrected chi connectivity index (χ2v) is 6.60. The number of guanidine groups is 1. The van der Waals surface area contributed by atoms with E-state index in [-0.39, 0.29) is 6.09 Å². The number of piperidine rings is 1. The minimum absolute atomic E-state index is 0.248. The minimum atomic E-state index is -0.248. The van der Waals surface area contributed by atoms with Crippen molar-refractivity contribution in [3.8, 4) is 5.75 Å². The van der Waals surface area contributed by atoms with E-state index in [9.17, 15) is 4.79 Å². The number of ether oxygens (including phenoxy) is 2. The number of likely N-dealkylation sites (tertiary alicyclic amines) is 1. The van der Waals surface area contributed by atoms with Crippen molar-refractivity contribution in [3.63, 3.8) is 0 Å². The van der Waals surface area contributed by atoms with Gasteiger partial charge in [-0.3, -0.25) is 4.99 Å². The quantitative estimate of drug-likeness (QED) is 0.435. The van der Waals surface area contributed by atoms with Gasteiger partial charge in [-0.2, -0.15) is 0 Å². The van der Waals surface area contributed by atoms with E-state index >= 15 is 0 Å². The number of rotatable bonds is 7. The standard InChI is InChI=1S/C20H32N4O3/c1-4-21-19(23-17-10-13-24(14-11-17)20(25)26-3)22-12-7-15-27-18-9-6-5-8-16(18)2/h5-6,8-9,17H,4,7,10-15H2,1-3H3,(H2,21,22,23). The summed E-state index contributed by atoms with van der Waals surface area (Å²) in [5.74, 6) is 1.76. The molecule has 2 rings (SSSR count). The summed E-state index contributed by atoms with van der Waals surface area (Å²) >= 11 is 0. The van der Waals surface area contributed by atoms with Gasteiger partial charge in [-0.15, -0.1) is 0 Å². The molecule has 1 aliphatic heterocycles. The largest absolute Gasteiger partial charge is 0.493 e. The molecule has 0 spiro atoms. The number of hydrogen-bond donors (Lipinski definition) is 2. The topological polar surface area (TPSA) is 75.2 Å². The van der Waals surface area contributed by atoms with Crippen LogP contribution in [0, 0.1) is 6.92 Å². The molecule has 7 nitrogen and oxygen atoms in total. The maximum Gasteiger partial charge on any atom is 0.409 e. The summed E-state index contributed by atoms with van der Waals surface area (Å²) < 4.78 is 10.6. The fourth-order valence-electron chi connectivity index (χ4n) is 3.00. The van der Waals surface area contributed by atoms with Crippen LogP contribution < -0.4 is 15.4 Å². The average molecular weight is 377 g/mol. The van der Waals surface area contributed by atoms with Gasteiger partial charge in [0.15, 0.2) is 5.96 Å². The molecule has 0 aliphatic carbocycles. The third-order valence-electron chi connectivity index (χ3n) is 4.54. The fraction of sp³-hybridized carbons (Fsp3) is 0.600. The Hall–Kier alpha value is -2.44. The number of amides is 1. The van der Waals surface area contributed by atoms with Gasteiger partial charge in [0, 0.05) is 38.6 Å². The SMILES string of the molecule is CCNC(=NCCCOc1ccccc1C)NC1CCN(C(=O)OC)CC1. The molecule has 0 radical (unpaired) electrons.